The fraction of sp³-hybridized carbons (Fsp3) is 0.515. The summed E-state index contributed by atoms with van der Waals surface area (Å²) in [5.74, 6) is 0.692. The fourth-order valence-corrected chi connectivity index (χ4v) is 6.41. The van der Waals surface area contributed by atoms with Crippen LogP contribution in [0.4, 0.5) is 0 Å². The number of nitrogens with one attached hydrogen (secondary N) is 1. The molecule has 41 heavy (non-hydrogen) atoms. The van der Waals surface area contributed by atoms with Gasteiger partial charge in [0.1, 0.15) is 5.52 Å². The quantitative estimate of drug-likeness (QED) is 0.258. The first-order chi connectivity index (χ1) is 19.7. The minimum absolute atomic E-state index is 0.0245. The number of H-pyrrole nitrogens is 1. The van der Waals surface area contributed by atoms with Crippen molar-refractivity contribution in [2.45, 2.75) is 77.7 Å². The number of aliphatic hydroxyl groups excluding tert-OH is 1. The van der Waals surface area contributed by atoms with Crippen molar-refractivity contribution in [3.8, 4) is 11.1 Å². The van der Waals surface area contributed by atoms with Gasteiger partial charge in [-0.3, -0.25) is 9.89 Å². The Bertz CT molecular complexity index is 1480. The lowest BCUT2D eigenvalue weighted by atomic mass is 9.71. The Morgan fingerprint density at radius 1 is 1.12 bits per heavy atom. The number of aromatic amines is 1. The van der Waals surface area contributed by atoms with Crippen molar-refractivity contribution in [2.24, 2.45) is 11.3 Å². The van der Waals surface area contributed by atoms with Gasteiger partial charge in [0.25, 0.3) is 5.89 Å². The smallest absolute Gasteiger partial charge is 0.265 e. The number of hydrogen-bond donors (Lipinski definition) is 2. The first-order valence-corrected chi connectivity index (χ1v) is 15.0. The molecule has 1 fully saturated rings. The van der Waals surface area contributed by atoms with Gasteiger partial charge in [0.2, 0.25) is 11.5 Å². The number of oxazole rings is 1. The molecule has 216 valence electrons. The molecule has 4 aromatic rings. The van der Waals surface area contributed by atoms with Gasteiger partial charge in [0, 0.05) is 37.0 Å². The highest BCUT2D eigenvalue weighted by atomic mass is 16.4. The van der Waals surface area contributed by atoms with E-state index >= 15 is 0 Å². The summed E-state index contributed by atoms with van der Waals surface area (Å²) in [6, 6.07) is 10.5. The molecule has 2 N–H and O–H groups in total. The minimum Gasteiger partial charge on any atom is -0.415 e. The number of carbonyl (C=O) groups is 1. The van der Waals surface area contributed by atoms with E-state index in [2.05, 4.69) is 71.2 Å². The molecule has 0 unspecified atom stereocenters. The lowest BCUT2D eigenvalue weighted by Gasteiger charge is -2.34. The van der Waals surface area contributed by atoms with Crippen molar-refractivity contribution < 1.29 is 14.3 Å². The summed E-state index contributed by atoms with van der Waals surface area (Å²) in [4.78, 5) is 25.4. The number of rotatable bonds is 8. The van der Waals surface area contributed by atoms with Crippen LogP contribution in [-0.4, -0.2) is 61.7 Å². The van der Waals surface area contributed by atoms with Gasteiger partial charge in [-0.05, 0) is 85.1 Å². The second-order valence-corrected chi connectivity index (χ2v) is 13.0. The van der Waals surface area contributed by atoms with Gasteiger partial charge < -0.3 is 14.4 Å². The van der Waals surface area contributed by atoms with Crippen LogP contribution in [0.3, 0.4) is 0 Å². The predicted molar refractivity (Wildman–Crippen MR) is 159 cm³/mol. The zero-order valence-electron chi connectivity index (χ0n) is 24.4. The van der Waals surface area contributed by atoms with Crippen LogP contribution < -0.4 is 0 Å². The standard InChI is InChI=1S/C33H41N5O3/c1-33(2,3)26-8-9-28-24(16-26)17-29-31(36-28)41-32(37-29)30(40)18-23(10-13-38-14-11-27(39)12-15-38)21-4-6-22(7-5-21)25-19-34-35-20-25/h4-7,17,19-20,23,26-27,39H,8-16,18H2,1-3H3,(H,34,35)/t23-,26-/m0/s1. The van der Waals surface area contributed by atoms with E-state index in [1.54, 1.807) is 0 Å². The molecule has 0 radical (unpaired) electrons. The van der Waals surface area contributed by atoms with E-state index in [0.29, 0.717) is 23.6 Å². The van der Waals surface area contributed by atoms with E-state index in [4.69, 9.17) is 9.40 Å². The van der Waals surface area contributed by atoms with E-state index in [9.17, 15) is 9.90 Å². The lowest BCUT2D eigenvalue weighted by Crippen LogP contribution is -2.36. The fourth-order valence-electron chi connectivity index (χ4n) is 6.41. The van der Waals surface area contributed by atoms with Crippen LogP contribution in [0.5, 0.6) is 0 Å². The molecule has 0 bridgehead atoms. The SMILES string of the molecule is CC(C)(C)[C@H]1CCc2nc3oc(C(=O)C[C@H](CCN4CCC(O)CC4)c4ccc(-c5cn[nH]c5)cc4)nc3cc2C1. The van der Waals surface area contributed by atoms with Crippen LogP contribution in [-0.2, 0) is 12.8 Å². The molecule has 2 atom stereocenters. The Labute approximate surface area is 241 Å². The van der Waals surface area contributed by atoms with Crippen LogP contribution >= 0.6 is 0 Å². The van der Waals surface area contributed by atoms with E-state index in [-0.39, 0.29) is 29.1 Å². The third-order valence-electron chi connectivity index (χ3n) is 9.21. The van der Waals surface area contributed by atoms with Gasteiger partial charge in [0.05, 0.1) is 12.3 Å². The monoisotopic (exact) mass is 555 g/mol. The first-order valence-electron chi connectivity index (χ1n) is 15.0. The number of benzene rings is 1. The number of carbonyl (C=O) groups excluding carboxylic acids is 1. The van der Waals surface area contributed by atoms with Crippen LogP contribution in [0.1, 0.15) is 86.3 Å². The summed E-state index contributed by atoms with van der Waals surface area (Å²) in [7, 11) is 0. The van der Waals surface area contributed by atoms with Crippen LogP contribution in [0.25, 0.3) is 22.4 Å². The summed E-state index contributed by atoms with van der Waals surface area (Å²) < 4.78 is 5.98. The topological polar surface area (TPSA) is 108 Å². The zero-order chi connectivity index (χ0) is 28.6. The predicted octanol–water partition coefficient (Wildman–Crippen LogP) is 5.97. The Hall–Kier alpha value is -3.36. The number of piperidine rings is 1. The molecular weight excluding hydrogens is 514 g/mol. The Morgan fingerprint density at radius 3 is 2.61 bits per heavy atom. The van der Waals surface area contributed by atoms with Gasteiger partial charge in [-0.25, -0.2) is 9.97 Å². The average molecular weight is 556 g/mol. The molecule has 8 heteroatoms. The summed E-state index contributed by atoms with van der Waals surface area (Å²) in [5, 5.41) is 16.8. The normalized spacial score (nSPS) is 19.4. The van der Waals surface area contributed by atoms with Gasteiger partial charge in [0.15, 0.2) is 0 Å². The number of pyridine rings is 1. The highest BCUT2D eigenvalue weighted by molar-refractivity contribution is 5.94. The first kappa shape index (κ1) is 27.8. The molecule has 6 rings (SSSR count). The van der Waals surface area contributed by atoms with Crippen LogP contribution in [0, 0.1) is 11.3 Å². The van der Waals surface area contributed by atoms with Crippen LogP contribution in [0.15, 0.2) is 47.1 Å². The molecule has 0 amide bonds. The molecule has 1 aliphatic carbocycles. The number of aryl methyl sites for hydroxylation is 1. The number of Topliss-reactive ketones (excluding diaryl/α,β-unsaturated/α-hetero) is 1. The highest BCUT2D eigenvalue weighted by Gasteiger charge is 2.30. The number of fused-ring (bicyclic) bond motifs is 2. The number of aliphatic hydroxyl groups is 1. The second-order valence-electron chi connectivity index (χ2n) is 13.0. The Balaban J connectivity index is 1.21. The average Bonchev–Trinajstić information content (AvgIpc) is 3.64. The van der Waals surface area contributed by atoms with E-state index in [1.807, 2.05) is 12.4 Å². The molecule has 0 spiro atoms. The van der Waals surface area contributed by atoms with E-state index in [0.717, 1.165) is 80.5 Å². The summed E-state index contributed by atoms with van der Waals surface area (Å²) in [6.07, 6.45) is 9.30. The van der Waals surface area contributed by atoms with E-state index < -0.39 is 0 Å². The third-order valence-corrected chi connectivity index (χ3v) is 9.21. The minimum atomic E-state index is -0.197. The molecule has 1 saturated heterocycles. The Morgan fingerprint density at radius 2 is 1.90 bits per heavy atom. The van der Waals surface area contributed by atoms with Crippen molar-refractivity contribution in [1.29, 1.82) is 0 Å². The zero-order valence-corrected chi connectivity index (χ0v) is 24.4. The maximum absolute atomic E-state index is 13.6. The number of hydrogen-bond acceptors (Lipinski definition) is 7. The van der Waals surface area contributed by atoms with Gasteiger partial charge >= 0.3 is 0 Å². The van der Waals surface area contributed by atoms with Crippen molar-refractivity contribution in [1.82, 2.24) is 25.1 Å². The van der Waals surface area contributed by atoms with Crippen molar-refractivity contribution in [2.75, 3.05) is 19.6 Å². The highest BCUT2D eigenvalue weighted by Crippen LogP contribution is 2.38. The maximum Gasteiger partial charge on any atom is 0.265 e. The van der Waals surface area contributed by atoms with Gasteiger partial charge in [-0.1, -0.05) is 45.0 Å². The maximum atomic E-state index is 13.6. The molecule has 3 aromatic heterocycles. The lowest BCUT2D eigenvalue weighted by molar-refractivity contribution is 0.0803. The second kappa shape index (κ2) is 11.5. The van der Waals surface area contributed by atoms with Crippen molar-refractivity contribution >= 4 is 17.0 Å². The molecule has 1 aromatic carbocycles. The largest absolute Gasteiger partial charge is 0.415 e. The number of nitrogens with zero attached hydrogens (tertiary/aromatic N) is 4. The molecule has 2 aliphatic rings. The number of ketones is 1. The molecule has 4 heterocycles. The van der Waals surface area contributed by atoms with Gasteiger partial charge in [-0.15, -0.1) is 0 Å². The van der Waals surface area contributed by atoms with Crippen LogP contribution in [0.2, 0.25) is 0 Å². The van der Waals surface area contributed by atoms with Crippen molar-refractivity contribution in [3.05, 3.63) is 65.4 Å². The molecular formula is C33H41N5O3. The number of aromatic nitrogens is 4. The molecule has 1 aliphatic heterocycles. The molecule has 0 saturated carbocycles. The number of likely N-dealkylation sites (tertiary alicyclic amines) is 1. The van der Waals surface area contributed by atoms with Crippen molar-refractivity contribution in [3.63, 3.8) is 0 Å². The summed E-state index contributed by atoms with van der Waals surface area (Å²) >= 11 is 0. The summed E-state index contributed by atoms with van der Waals surface area (Å²) in [6.45, 7) is 9.56. The Kier molecular flexibility index (Phi) is 7.79. The van der Waals surface area contributed by atoms with E-state index in [1.165, 1.54) is 5.56 Å². The summed E-state index contributed by atoms with van der Waals surface area (Å²) in [5.41, 5.74) is 6.95. The molecule has 8 nitrogen and oxygen atoms in total. The van der Waals surface area contributed by atoms with Gasteiger partial charge in [-0.2, -0.15) is 5.10 Å². The third kappa shape index (κ3) is 6.28.